The number of ether oxygens (including phenoxy) is 2. The van der Waals surface area contributed by atoms with E-state index in [0.717, 1.165) is 33.3 Å². The summed E-state index contributed by atoms with van der Waals surface area (Å²) in [5.74, 6) is 2.30. The van der Waals surface area contributed by atoms with Crippen molar-refractivity contribution in [2.45, 2.75) is 23.6 Å². The van der Waals surface area contributed by atoms with Gasteiger partial charge >= 0.3 is 0 Å². The van der Waals surface area contributed by atoms with Crippen molar-refractivity contribution in [3.05, 3.63) is 59.2 Å². The van der Waals surface area contributed by atoms with Gasteiger partial charge < -0.3 is 14.8 Å². The molecule has 0 spiro atoms. The Morgan fingerprint density at radius 3 is 2.50 bits per heavy atom. The standard InChI is InChI=1S/C19H21N3O2S2/c1-13-9-16(23-2)17(24-3)10-15(13)12-25-19-22-21-18(26-19)20-11-14-7-5-4-6-8-14/h4-10H,11-12H2,1-3H3,(H,20,21). The first kappa shape index (κ1) is 18.5. The highest BCUT2D eigenvalue weighted by molar-refractivity contribution is 8.00. The molecule has 0 radical (unpaired) electrons. The van der Waals surface area contributed by atoms with Crippen LogP contribution in [0.4, 0.5) is 5.13 Å². The van der Waals surface area contributed by atoms with Crippen LogP contribution in [0.15, 0.2) is 46.8 Å². The van der Waals surface area contributed by atoms with E-state index in [9.17, 15) is 0 Å². The molecule has 0 bridgehead atoms. The smallest absolute Gasteiger partial charge is 0.206 e. The van der Waals surface area contributed by atoms with Crippen LogP contribution in [0.1, 0.15) is 16.7 Å². The Morgan fingerprint density at radius 1 is 1.04 bits per heavy atom. The Kier molecular flexibility index (Phi) is 6.35. The molecular formula is C19H21N3O2S2. The van der Waals surface area contributed by atoms with Gasteiger partial charge in [0.1, 0.15) is 0 Å². The zero-order valence-corrected chi connectivity index (χ0v) is 16.6. The van der Waals surface area contributed by atoms with Gasteiger partial charge in [-0.25, -0.2) is 0 Å². The summed E-state index contributed by atoms with van der Waals surface area (Å²) in [6.07, 6.45) is 0. The third-order valence-corrected chi connectivity index (χ3v) is 5.95. The predicted octanol–water partition coefficient (Wildman–Crippen LogP) is 4.77. The number of rotatable bonds is 8. The molecule has 7 heteroatoms. The summed E-state index contributed by atoms with van der Waals surface area (Å²) in [6.45, 7) is 2.82. The molecule has 1 aromatic heterocycles. The van der Waals surface area contributed by atoms with E-state index in [1.54, 1.807) is 37.3 Å². The van der Waals surface area contributed by atoms with E-state index in [1.807, 2.05) is 30.3 Å². The second-order valence-electron chi connectivity index (χ2n) is 5.63. The largest absolute Gasteiger partial charge is 0.493 e. The van der Waals surface area contributed by atoms with Crippen LogP contribution in [-0.4, -0.2) is 24.4 Å². The SMILES string of the molecule is COc1cc(C)c(CSc2nnc(NCc3ccccc3)s2)cc1OC. The molecule has 0 fully saturated rings. The summed E-state index contributed by atoms with van der Waals surface area (Å²) >= 11 is 3.24. The predicted molar refractivity (Wildman–Crippen MR) is 108 cm³/mol. The van der Waals surface area contributed by atoms with E-state index in [0.29, 0.717) is 0 Å². The lowest BCUT2D eigenvalue weighted by Gasteiger charge is -2.12. The molecule has 0 aliphatic rings. The van der Waals surface area contributed by atoms with Gasteiger partial charge in [0.2, 0.25) is 5.13 Å². The van der Waals surface area contributed by atoms with Crippen molar-refractivity contribution in [1.29, 1.82) is 0 Å². The number of hydrogen-bond acceptors (Lipinski definition) is 7. The Hall–Kier alpha value is -2.25. The van der Waals surface area contributed by atoms with Crippen LogP contribution in [-0.2, 0) is 12.3 Å². The van der Waals surface area contributed by atoms with Crippen LogP contribution in [0, 0.1) is 6.92 Å². The Balaban J connectivity index is 1.59. The molecule has 0 saturated heterocycles. The minimum atomic E-state index is 0.745. The van der Waals surface area contributed by atoms with E-state index in [-0.39, 0.29) is 0 Å². The van der Waals surface area contributed by atoms with Gasteiger partial charge in [-0.1, -0.05) is 53.4 Å². The van der Waals surface area contributed by atoms with E-state index in [4.69, 9.17) is 9.47 Å². The van der Waals surface area contributed by atoms with Gasteiger partial charge in [0.25, 0.3) is 0 Å². The maximum atomic E-state index is 5.39. The van der Waals surface area contributed by atoms with Crippen molar-refractivity contribution in [3.8, 4) is 11.5 Å². The number of nitrogens with zero attached hydrogens (tertiary/aromatic N) is 2. The normalized spacial score (nSPS) is 10.6. The van der Waals surface area contributed by atoms with Crippen LogP contribution < -0.4 is 14.8 Å². The summed E-state index contributed by atoms with van der Waals surface area (Å²) < 4.78 is 11.7. The average Bonchev–Trinajstić information content (AvgIpc) is 3.14. The fourth-order valence-electron chi connectivity index (χ4n) is 2.43. The highest BCUT2D eigenvalue weighted by atomic mass is 32.2. The van der Waals surface area contributed by atoms with Crippen LogP contribution in [0.5, 0.6) is 11.5 Å². The second-order valence-corrected chi connectivity index (χ2v) is 7.83. The molecule has 5 nitrogen and oxygen atoms in total. The lowest BCUT2D eigenvalue weighted by Crippen LogP contribution is -1.98. The maximum Gasteiger partial charge on any atom is 0.206 e. The van der Waals surface area contributed by atoms with Crippen molar-refractivity contribution in [1.82, 2.24) is 10.2 Å². The van der Waals surface area contributed by atoms with Gasteiger partial charge in [-0.3, -0.25) is 0 Å². The highest BCUT2D eigenvalue weighted by Gasteiger charge is 2.11. The minimum absolute atomic E-state index is 0.745. The van der Waals surface area contributed by atoms with Crippen molar-refractivity contribution < 1.29 is 9.47 Å². The molecule has 0 unspecified atom stereocenters. The molecule has 136 valence electrons. The Morgan fingerprint density at radius 2 is 1.77 bits per heavy atom. The van der Waals surface area contributed by atoms with Crippen LogP contribution in [0.2, 0.25) is 0 Å². The maximum absolute atomic E-state index is 5.39. The van der Waals surface area contributed by atoms with Crippen molar-refractivity contribution in [2.24, 2.45) is 0 Å². The first-order valence-corrected chi connectivity index (χ1v) is 9.95. The molecule has 0 aliphatic carbocycles. The quantitative estimate of drug-likeness (QED) is 0.562. The zero-order chi connectivity index (χ0) is 18.4. The van der Waals surface area contributed by atoms with Gasteiger partial charge in [0.05, 0.1) is 14.2 Å². The summed E-state index contributed by atoms with van der Waals surface area (Å²) in [5.41, 5.74) is 3.58. The molecule has 3 aromatic rings. The average molecular weight is 388 g/mol. The number of nitrogens with one attached hydrogen (secondary N) is 1. The summed E-state index contributed by atoms with van der Waals surface area (Å²) in [5, 5.41) is 12.6. The summed E-state index contributed by atoms with van der Waals surface area (Å²) in [4.78, 5) is 0. The number of thioether (sulfide) groups is 1. The van der Waals surface area contributed by atoms with Gasteiger partial charge in [-0.2, -0.15) is 0 Å². The number of aromatic nitrogens is 2. The molecule has 3 rings (SSSR count). The number of benzene rings is 2. The minimum Gasteiger partial charge on any atom is -0.493 e. The van der Waals surface area contributed by atoms with Gasteiger partial charge in [-0.15, -0.1) is 10.2 Å². The second kappa shape index (κ2) is 8.91. The third-order valence-electron chi connectivity index (χ3n) is 3.89. The van der Waals surface area contributed by atoms with Gasteiger partial charge in [0.15, 0.2) is 15.8 Å². The zero-order valence-electron chi connectivity index (χ0n) is 15.0. The first-order valence-electron chi connectivity index (χ1n) is 8.15. The van der Waals surface area contributed by atoms with Crippen LogP contribution in [0.3, 0.4) is 0 Å². The molecule has 26 heavy (non-hydrogen) atoms. The molecule has 0 amide bonds. The van der Waals surface area contributed by atoms with E-state index in [1.165, 1.54) is 16.7 Å². The van der Waals surface area contributed by atoms with E-state index < -0.39 is 0 Å². The number of methoxy groups -OCH3 is 2. The molecule has 1 N–H and O–H groups in total. The van der Waals surface area contributed by atoms with Crippen molar-refractivity contribution in [3.63, 3.8) is 0 Å². The van der Waals surface area contributed by atoms with Crippen molar-refractivity contribution in [2.75, 3.05) is 19.5 Å². The fraction of sp³-hybridized carbons (Fsp3) is 0.263. The highest BCUT2D eigenvalue weighted by Crippen LogP contribution is 2.34. The first-order chi connectivity index (χ1) is 12.7. The third kappa shape index (κ3) is 4.68. The topological polar surface area (TPSA) is 56.3 Å². The number of aryl methyl sites for hydroxylation is 1. The molecular weight excluding hydrogens is 366 g/mol. The monoisotopic (exact) mass is 387 g/mol. The lowest BCUT2D eigenvalue weighted by atomic mass is 10.1. The summed E-state index contributed by atoms with van der Waals surface area (Å²) in [6, 6.07) is 14.3. The molecule has 0 aliphatic heterocycles. The van der Waals surface area contributed by atoms with E-state index in [2.05, 4.69) is 34.6 Å². The fourth-order valence-corrected chi connectivity index (χ4v) is 4.24. The molecule has 2 aromatic carbocycles. The van der Waals surface area contributed by atoms with Crippen LogP contribution in [0.25, 0.3) is 0 Å². The molecule has 0 saturated carbocycles. The van der Waals surface area contributed by atoms with Crippen molar-refractivity contribution >= 4 is 28.2 Å². The molecule has 1 heterocycles. The van der Waals surface area contributed by atoms with Gasteiger partial charge in [0, 0.05) is 12.3 Å². The Bertz CT molecular complexity index is 853. The van der Waals surface area contributed by atoms with Gasteiger partial charge in [-0.05, 0) is 35.7 Å². The van der Waals surface area contributed by atoms with E-state index >= 15 is 0 Å². The van der Waals surface area contributed by atoms with Crippen LogP contribution >= 0.6 is 23.1 Å². The Labute approximate surface area is 161 Å². The number of anilines is 1. The lowest BCUT2D eigenvalue weighted by molar-refractivity contribution is 0.354. The number of hydrogen-bond donors (Lipinski definition) is 1. The molecule has 0 atom stereocenters. The summed E-state index contributed by atoms with van der Waals surface area (Å²) in [7, 11) is 3.30.